The molecule has 0 aromatic heterocycles. The fourth-order valence-corrected chi connectivity index (χ4v) is 1.62. The quantitative estimate of drug-likeness (QED) is 0.642. The summed E-state index contributed by atoms with van der Waals surface area (Å²) in [6, 6.07) is 0. The molecule has 3 heteroatoms. The zero-order valence-electron chi connectivity index (χ0n) is 12.6. The van der Waals surface area contributed by atoms with E-state index in [0.29, 0.717) is 5.41 Å². The predicted molar refractivity (Wildman–Crippen MR) is 72.2 cm³/mol. The molecule has 1 rings (SSSR count). The van der Waals surface area contributed by atoms with Crippen molar-refractivity contribution in [2.75, 3.05) is 13.1 Å². The van der Waals surface area contributed by atoms with Crippen LogP contribution in [-0.2, 0) is 4.74 Å². The number of amides is 1. The van der Waals surface area contributed by atoms with E-state index in [2.05, 4.69) is 13.8 Å². The summed E-state index contributed by atoms with van der Waals surface area (Å²) in [4.78, 5) is 13.5. The molecule has 0 atom stereocenters. The minimum absolute atomic E-state index is 0.169. The summed E-state index contributed by atoms with van der Waals surface area (Å²) in [5, 5.41) is 0. The van der Waals surface area contributed by atoms with Gasteiger partial charge in [-0.3, -0.25) is 0 Å². The fourth-order valence-electron chi connectivity index (χ4n) is 1.62. The molecular weight excluding hydrogens is 214 g/mol. The number of carbonyl (C=O) groups excluding carboxylic acids is 1. The van der Waals surface area contributed by atoms with Crippen molar-refractivity contribution in [3.63, 3.8) is 0 Å². The first-order chi connectivity index (χ1) is 7.70. The summed E-state index contributed by atoms with van der Waals surface area (Å²) in [6.45, 7) is 15.8. The molecule has 1 aliphatic heterocycles. The molecule has 17 heavy (non-hydrogen) atoms. The second-order valence-corrected chi connectivity index (χ2v) is 6.13. The summed E-state index contributed by atoms with van der Waals surface area (Å²) in [5.41, 5.74) is -0.0113. The molecule has 0 bridgehead atoms. The normalized spacial score (nSPS) is 19.1. The molecule has 0 saturated carbocycles. The molecule has 1 heterocycles. The lowest BCUT2D eigenvalue weighted by atomic mass is 9.83. The van der Waals surface area contributed by atoms with Gasteiger partial charge in [0, 0.05) is 13.1 Å². The molecule has 0 N–H and O–H groups in total. The molecule has 0 spiro atoms. The lowest BCUT2D eigenvalue weighted by Crippen LogP contribution is -2.43. The van der Waals surface area contributed by atoms with E-state index in [9.17, 15) is 4.79 Å². The van der Waals surface area contributed by atoms with Crippen LogP contribution in [0.5, 0.6) is 0 Å². The van der Waals surface area contributed by atoms with E-state index >= 15 is 0 Å². The van der Waals surface area contributed by atoms with Crippen LogP contribution in [0.15, 0.2) is 0 Å². The van der Waals surface area contributed by atoms with Crippen molar-refractivity contribution in [1.82, 2.24) is 4.90 Å². The fraction of sp³-hybridized carbons (Fsp3) is 0.929. The van der Waals surface area contributed by atoms with Crippen LogP contribution in [0.4, 0.5) is 4.79 Å². The highest BCUT2D eigenvalue weighted by molar-refractivity contribution is 5.68. The van der Waals surface area contributed by atoms with Gasteiger partial charge in [-0.15, -0.1) is 0 Å². The van der Waals surface area contributed by atoms with Crippen LogP contribution in [0.1, 0.15) is 61.3 Å². The Labute approximate surface area is 107 Å². The highest BCUT2D eigenvalue weighted by Crippen LogP contribution is 2.30. The third-order valence-corrected chi connectivity index (χ3v) is 2.77. The van der Waals surface area contributed by atoms with E-state index in [4.69, 9.17) is 4.74 Å². The number of piperidine rings is 1. The van der Waals surface area contributed by atoms with Crippen LogP contribution in [-0.4, -0.2) is 29.7 Å². The Hall–Kier alpha value is -0.730. The monoisotopic (exact) mass is 243 g/mol. The number of nitrogens with zero attached hydrogens (tertiary/aromatic N) is 1. The minimum atomic E-state index is -0.385. The summed E-state index contributed by atoms with van der Waals surface area (Å²) >= 11 is 0. The predicted octanol–water partition coefficient (Wildman–Crippen LogP) is 4.07. The third-order valence-electron chi connectivity index (χ3n) is 2.77. The Morgan fingerprint density at radius 2 is 1.53 bits per heavy atom. The molecular formula is C14H29NO2. The van der Waals surface area contributed by atoms with E-state index in [1.807, 2.05) is 39.5 Å². The zero-order valence-corrected chi connectivity index (χ0v) is 12.6. The van der Waals surface area contributed by atoms with Crippen LogP contribution >= 0.6 is 0 Å². The Morgan fingerprint density at radius 3 is 1.88 bits per heavy atom. The third kappa shape index (κ3) is 6.54. The van der Waals surface area contributed by atoms with Crippen molar-refractivity contribution in [3.05, 3.63) is 0 Å². The first-order valence-corrected chi connectivity index (χ1v) is 6.68. The highest BCUT2D eigenvalue weighted by Gasteiger charge is 2.30. The molecule has 0 aromatic carbocycles. The zero-order chi connectivity index (χ0) is 13.7. The average molecular weight is 243 g/mol. The van der Waals surface area contributed by atoms with E-state index in [-0.39, 0.29) is 11.7 Å². The molecule has 0 aliphatic carbocycles. The van der Waals surface area contributed by atoms with Crippen molar-refractivity contribution in [2.45, 2.75) is 66.9 Å². The van der Waals surface area contributed by atoms with Crippen LogP contribution in [0.25, 0.3) is 0 Å². The number of rotatable bonds is 0. The van der Waals surface area contributed by atoms with Gasteiger partial charge in [-0.25, -0.2) is 4.79 Å². The molecule has 1 aliphatic rings. The molecule has 1 fully saturated rings. The molecule has 1 amide bonds. The first kappa shape index (κ1) is 16.3. The van der Waals surface area contributed by atoms with Gasteiger partial charge in [0.15, 0.2) is 0 Å². The van der Waals surface area contributed by atoms with Crippen LogP contribution < -0.4 is 0 Å². The molecule has 0 unspecified atom stereocenters. The van der Waals surface area contributed by atoms with Crippen molar-refractivity contribution >= 4 is 6.09 Å². The van der Waals surface area contributed by atoms with E-state index in [1.54, 1.807) is 0 Å². The van der Waals surface area contributed by atoms with Gasteiger partial charge in [-0.1, -0.05) is 27.7 Å². The minimum Gasteiger partial charge on any atom is -0.444 e. The molecule has 1 saturated heterocycles. The Balaban J connectivity index is 0.00000121. The molecule has 3 nitrogen and oxygen atoms in total. The molecule has 102 valence electrons. The lowest BCUT2D eigenvalue weighted by Gasteiger charge is -2.37. The first-order valence-electron chi connectivity index (χ1n) is 6.68. The Bertz CT molecular complexity index is 231. The second kappa shape index (κ2) is 6.27. The van der Waals surface area contributed by atoms with Gasteiger partial charge in [-0.2, -0.15) is 0 Å². The van der Waals surface area contributed by atoms with Crippen LogP contribution in [0, 0.1) is 5.41 Å². The van der Waals surface area contributed by atoms with Crippen molar-refractivity contribution in [3.8, 4) is 0 Å². The molecule has 0 radical (unpaired) electrons. The van der Waals surface area contributed by atoms with Gasteiger partial charge in [-0.05, 0) is 39.0 Å². The standard InChI is InChI=1S/C12H23NO2.C2H6/c1-11(2,3)15-10(14)13-8-6-12(4,5)7-9-13;1-2/h6-9H2,1-5H3;1-2H3. The average Bonchev–Trinajstić information content (AvgIpc) is 2.17. The van der Waals surface area contributed by atoms with Gasteiger partial charge in [0.1, 0.15) is 5.60 Å². The highest BCUT2D eigenvalue weighted by atomic mass is 16.6. The number of likely N-dealkylation sites (tertiary alicyclic amines) is 1. The number of hydrogen-bond donors (Lipinski definition) is 0. The van der Waals surface area contributed by atoms with Gasteiger partial charge < -0.3 is 9.64 Å². The van der Waals surface area contributed by atoms with Gasteiger partial charge in [0.05, 0.1) is 0 Å². The summed E-state index contributed by atoms with van der Waals surface area (Å²) in [7, 11) is 0. The van der Waals surface area contributed by atoms with Crippen LogP contribution in [0.3, 0.4) is 0 Å². The largest absolute Gasteiger partial charge is 0.444 e. The van der Waals surface area contributed by atoms with E-state index in [0.717, 1.165) is 25.9 Å². The SMILES string of the molecule is CC.CC1(C)CCN(C(=O)OC(C)(C)C)CC1. The maximum absolute atomic E-state index is 11.7. The summed E-state index contributed by atoms with van der Waals surface area (Å²) in [6.07, 6.45) is 1.95. The summed E-state index contributed by atoms with van der Waals surface area (Å²) in [5.74, 6) is 0. The summed E-state index contributed by atoms with van der Waals surface area (Å²) < 4.78 is 5.33. The van der Waals surface area contributed by atoms with Crippen molar-refractivity contribution in [2.24, 2.45) is 5.41 Å². The Kier molecular flexibility index (Phi) is 6.00. The van der Waals surface area contributed by atoms with Crippen molar-refractivity contribution in [1.29, 1.82) is 0 Å². The van der Waals surface area contributed by atoms with E-state index < -0.39 is 0 Å². The van der Waals surface area contributed by atoms with E-state index in [1.165, 1.54) is 0 Å². The second-order valence-electron chi connectivity index (χ2n) is 6.13. The smallest absolute Gasteiger partial charge is 0.410 e. The number of ether oxygens (including phenoxy) is 1. The van der Waals surface area contributed by atoms with Gasteiger partial charge in [0.2, 0.25) is 0 Å². The lowest BCUT2D eigenvalue weighted by molar-refractivity contribution is 0.0136. The number of carbonyl (C=O) groups is 1. The van der Waals surface area contributed by atoms with Crippen molar-refractivity contribution < 1.29 is 9.53 Å². The Morgan fingerprint density at radius 1 is 1.12 bits per heavy atom. The topological polar surface area (TPSA) is 29.5 Å². The maximum atomic E-state index is 11.7. The number of hydrogen-bond acceptors (Lipinski definition) is 2. The van der Waals surface area contributed by atoms with Gasteiger partial charge >= 0.3 is 6.09 Å². The van der Waals surface area contributed by atoms with Crippen LogP contribution in [0.2, 0.25) is 0 Å². The molecule has 0 aromatic rings. The van der Waals surface area contributed by atoms with Gasteiger partial charge in [0.25, 0.3) is 0 Å². The maximum Gasteiger partial charge on any atom is 0.410 e.